The number of likely N-dealkylation sites (tertiary alicyclic amines) is 1. The van der Waals surface area contributed by atoms with Gasteiger partial charge in [-0.3, -0.25) is 4.79 Å². The zero-order chi connectivity index (χ0) is 18.5. The van der Waals surface area contributed by atoms with Gasteiger partial charge >= 0.3 is 0 Å². The lowest BCUT2D eigenvalue weighted by molar-refractivity contribution is -0.131. The van der Waals surface area contributed by atoms with E-state index in [0.29, 0.717) is 6.42 Å². The molecule has 2 aromatic rings. The van der Waals surface area contributed by atoms with Crippen LogP contribution in [0.5, 0.6) is 5.75 Å². The van der Waals surface area contributed by atoms with Gasteiger partial charge in [0.15, 0.2) is 0 Å². The first kappa shape index (κ1) is 18.5. The zero-order valence-corrected chi connectivity index (χ0v) is 15.7. The largest absolute Gasteiger partial charge is 0.508 e. The van der Waals surface area contributed by atoms with Gasteiger partial charge in [-0.25, -0.2) is 0 Å². The maximum absolute atomic E-state index is 12.9. The van der Waals surface area contributed by atoms with Gasteiger partial charge in [0.05, 0.1) is 12.5 Å². The van der Waals surface area contributed by atoms with Gasteiger partial charge in [0.1, 0.15) is 5.75 Å². The lowest BCUT2D eigenvalue weighted by Gasteiger charge is -2.32. The molecule has 2 aromatic carbocycles. The number of phenolic OH excluding ortho intramolecular Hbond substituents is 1. The van der Waals surface area contributed by atoms with E-state index in [0.717, 1.165) is 30.8 Å². The van der Waals surface area contributed by atoms with Crippen molar-refractivity contribution in [3.05, 3.63) is 65.2 Å². The van der Waals surface area contributed by atoms with Crippen LogP contribution in [0.4, 0.5) is 0 Å². The number of benzene rings is 2. The second kappa shape index (κ2) is 8.37. The summed E-state index contributed by atoms with van der Waals surface area (Å²) in [5.41, 5.74) is 3.21. The summed E-state index contributed by atoms with van der Waals surface area (Å²) in [5, 5.41) is 9.89. The van der Waals surface area contributed by atoms with Crippen LogP contribution in [0.15, 0.2) is 48.5 Å². The molecular formula is C22H28N2O2. The van der Waals surface area contributed by atoms with Crippen LogP contribution in [-0.4, -0.2) is 47.5 Å². The van der Waals surface area contributed by atoms with E-state index in [1.165, 1.54) is 18.4 Å². The normalized spacial score (nSPS) is 15.8. The molecule has 0 aliphatic carbocycles. The standard InChI is InChI=1S/C22H28N2O2/c1-17-8-10-18(11-9-17)14-22(26)23(2)21(16-24-12-3-4-13-24)19-6-5-7-20(25)15-19/h5-11,15,21,25H,3-4,12-14,16H2,1-2H3. The van der Waals surface area contributed by atoms with Crippen LogP contribution < -0.4 is 0 Å². The third-order valence-electron chi connectivity index (χ3n) is 5.22. The number of carbonyl (C=O) groups excluding carboxylic acids is 1. The number of aromatic hydroxyl groups is 1. The van der Waals surface area contributed by atoms with E-state index in [9.17, 15) is 9.90 Å². The molecule has 1 fully saturated rings. The van der Waals surface area contributed by atoms with Crippen LogP contribution in [0.25, 0.3) is 0 Å². The Kier molecular flexibility index (Phi) is 5.94. The highest BCUT2D eigenvalue weighted by molar-refractivity contribution is 5.79. The van der Waals surface area contributed by atoms with Gasteiger partial charge in [-0.05, 0) is 56.1 Å². The quantitative estimate of drug-likeness (QED) is 0.865. The van der Waals surface area contributed by atoms with Gasteiger partial charge in [-0.15, -0.1) is 0 Å². The molecule has 0 bridgehead atoms. The second-order valence-corrected chi connectivity index (χ2v) is 7.29. The van der Waals surface area contributed by atoms with E-state index in [4.69, 9.17) is 0 Å². The highest BCUT2D eigenvalue weighted by Gasteiger charge is 2.25. The Hall–Kier alpha value is -2.33. The van der Waals surface area contributed by atoms with Crippen molar-refractivity contribution in [2.45, 2.75) is 32.2 Å². The van der Waals surface area contributed by atoms with Gasteiger partial charge in [-0.2, -0.15) is 0 Å². The van der Waals surface area contributed by atoms with Crippen molar-refractivity contribution in [3.8, 4) is 5.75 Å². The van der Waals surface area contributed by atoms with Crippen molar-refractivity contribution >= 4 is 5.91 Å². The molecule has 1 saturated heterocycles. The van der Waals surface area contributed by atoms with E-state index in [1.807, 2.05) is 55.3 Å². The summed E-state index contributed by atoms with van der Waals surface area (Å²) >= 11 is 0. The van der Waals surface area contributed by atoms with Gasteiger partial charge < -0.3 is 14.9 Å². The number of nitrogens with zero attached hydrogens (tertiary/aromatic N) is 2. The number of carbonyl (C=O) groups is 1. The van der Waals surface area contributed by atoms with E-state index in [1.54, 1.807) is 12.1 Å². The monoisotopic (exact) mass is 352 g/mol. The van der Waals surface area contributed by atoms with E-state index >= 15 is 0 Å². The molecule has 1 amide bonds. The topological polar surface area (TPSA) is 43.8 Å². The molecule has 0 spiro atoms. The van der Waals surface area contributed by atoms with Crippen LogP contribution in [0.2, 0.25) is 0 Å². The summed E-state index contributed by atoms with van der Waals surface area (Å²) in [6.45, 7) is 5.01. The van der Waals surface area contributed by atoms with E-state index < -0.39 is 0 Å². The average molecular weight is 352 g/mol. The molecule has 1 N–H and O–H groups in total. The van der Waals surface area contributed by atoms with Gasteiger partial charge in [0, 0.05) is 13.6 Å². The maximum Gasteiger partial charge on any atom is 0.227 e. The highest BCUT2D eigenvalue weighted by atomic mass is 16.3. The van der Waals surface area contributed by atoms with Crippen LogP contribution in [0.3, 0.4) is 0 Å². The SMILES string of the molecule is Cc1ccc(CC(=O)N(C)C(CN2CCCC2)c2cccc(O)c2)cc1. The van der Waals surface area contributed by atoms with Crippen LogP contribution in [0, 0.1) is 6.92 Å². The number of likely N-dealkylation sites (N-methyl/N-ethyl adjacent to an activating group) is 1. The number of aryl methyl sites for hydroxylation is 1. The van der Waals surface area contributed by atoms with Gasteiger partial charge in [-0.1, -0.05) is 42.0 Å². The Labute approximate surface area is 156 Å². The Balaban J connectivity index is 1.77. The predicted octanol–water partition coefficient (Wildman–Crippen LogP) is 3.54. The van der Waals surface area contributed by atoms with E-state index in [2.05, 4.69) is 4.90 Å². The third-order valence-corrected chi connectivity index (χ3v) is 5.22. The van der Waals surface area contributed by atoms with E-state index in [-0.39, 0.29) is 17.7 Å². The minimum absolute atomic E-state index is 0.0573. The third kappa shape index (κ3) is 4.64. The summed E-state index contributed by atoms with van der Waals surface area (Å²) in [7, 11) is 1.88. The van der Waals surface area contributed by atoms with Crippen LogP contribution in [-0.2, 0) is 11.2 Å². The number of phenols is 1. The molecule has 26 heavy (non-hydrogen) atoms. The first-order chi connectivity index (χ1) is 12.5. The summed E-state index contributed by atoms with van der Waals surface area (Å²) < 4.78 is 0. The van der Waals surface area contributed by atoms with Gasteiger partial charge in [0.25, 0.3) is 0 Å². The molecule has 1 aliphatic rings. The second-order valence-electron chi connectivity index (χ2n) is 7.29. The minimum atomic E-state index is -0.0573. The summed E-state index contributed by atoms with van der Waals surface area (Å²) in [5.74, 6) is 0.342. The summed E-state index contributed by atoms with van der Waals surface area (Å²) in [6, 6.07) is 15.4. The van der Waals surface area contributed by atoms with Crippen molar-refractivity contribution in [2.75, 3.05) is 26.7 Å². The lowest BCUT2D eigenvalue weighted by atomic mass is 10.0. The summed E-state index contributed by atoms with van der Waals surface area (Å²) in [4.78, 5) is 17.2. The highest BCUT2D eigenvalue weighted by Crippen LogP contribution is 2.26. The summed E-state index contributed by atoms with van der Waals surface area (Å²) in [6.07, 6.45) is 2.83. The Bertz CT molecular complexity index is 736. The molecule has 1 heterocycles. The lowest BCUT2D eigenvalue weighted by Crippen LogP contribution is -2.39. The zero-order valence-electron chi connectivity index (χ0n) is 15.7. The number of hydrogen-bond acceptors (Lipinski definition) is 3. The molecule has 0 radical (unpaired) electrons. The fraction of sp³-hybridized carbons (Fsp3) is 0.409. The Morgan fingerprint density at radius 1 is 1.15 bits per heavy atom. The molecule has 0 aromatic heterocycles. The molecule has 1 atom stereocenters. The van der Waals surface area contributed by atoms with Crippen LogP contribution >= 0.6 is 0 Å². The van der Waals surface area contributed by atoms with Crippen molar-refractivity contribution in [3.63, 3.8) is 0 Å². The molecule has 1 aliphatic heterocycles. The molecule has 1 unspecified atom stereocenters. The van der Waals surface area contributed by atoms with Crippen LogP contribution in [0.1, 0.15) is 35.6 Å². The van der Waals surface area contributed by atoms with Crippen molar-refractivity contribution in [1.82, 2.24) is 9.80 Å². The Morgan fingerprint density at radius 2 is 1.85 bits per heavy atom. The van der Waals surface area contributed by atoms with Crippen molar-refractivity contribution < 1.29 is 9.90 Å². The first-order valence-electron chi connectivity index (χ1n) is 9.35. The number of rotatable bonds is 6. The van der Waals surface area contributed by atoms with Crippen molar-refractivity contribution in [2.24, 2.45) is 0 Å². The molecule has 4 nitrogen and oxygen atoms in total. The number of hydrogen-bond donors (Lipinski definition) is 1. The Morgan fingerprint density at radius 3 is 2.50 bits per heavy atom. The maximum atomic E-state index is 12.9. The fourth-order valence-corrected chi connectivity index (χ4v) is 3.57. The van der Waals surface area contributed by atoms with Gasteiger partial charge in [0.2, 0.25) is 5.91 Å². The molecule has 138 valence electrons. The average Bonchev–Trinajstić information content (AvgIpc) is 3.14. The molecule has 3 rings (SSSR count). The number of amides is 1. The fourth-order valence-electron chi connectivity index (χ4n) is 3.57. The molecular weight excluding hydrogens is 324 g/mol. The smallest absolute Gasteiger partial charge is 0.227 e. The molecule has 0 saturated carbocycles. The first-order valence-corrected chi connectivity index (χ1v) is 9.35. The minimum Gasteiger partial charge on any atom is -0.508 e. The predicted molar refractivity (Wildman–Crippen MR) is 104 cm³/mol. The molecule has 4 heteroatoms. The van der Waals surface area contributed by atoms with Crippen molar-refractivity contribution in [1.29, 1.82) is 0 Å².